The number of nitrogens with one attached hydrogen (secondary N) is 1. The third kappa shape index (κ3) is 5.77. The van der Waals surface area contributed by atoms with Crippen molar-refractivity contribution in [3.8, 4) is 0 Å². The molecule has 20 heavy (non-hydrogen) atoms. The molecule has 0 spiro atoms. The first-order chi connectivity index (χ1) is 9.52. The van der Waals surface area contributed by atoms with E-state index in [0.717, 1.165) is 18.9 Å². The zero-order valence-corrected chi connectivity index (χ0v) is 11.4. The average Bonchev–Trinajstić information content (AvgIpc) is 2.42. The minimum atomic E-state index is -0.801. The van der Waals surface area contributed by atoms with E-state index in [2.05, 4.69) is 10.3 Å². The van der Waals surface area contributed by atoms with Gasteiger partial charge in [-0.2, -0.15) is 4.39 Å². The number of halogens is 1. The van der Waals surface area contributed by atoms with Gasteiger partial charge in [0.1, 0.15) is 0 Å². The maximum absolute atomic E-state index is 12.6. The van der Waals surface area contributed by atoms with Gasteiger partial charge in [-0.1, -0.05) is 13.3 Å². The highest BCUT2D eigenvalue weighted by molar-refractivity contribution is 5.93. The fourth-order valence-corrected chi connectivity index (χ4v) is 1.88. The first kappa shape index (κ1) is 16.1. The van der Waals surface area contributed by atoms with E-state index < -0.39 is 11.9 Å². The lowest BCUT2D eigenvalue weighted by molar-refractivity contribution is -0.137. The zero-order valence-electron chi connectivity index (χ0n) is 11.4. The number of pyridine rings is 1. The second-order valence-electron chi connectivity index (χ2n) is 4.62. The van der Waals surface area contributed by atoms with Crippen LogP contribution in [0.2, 0.25) is 0 Å². The van der Waals surface area contributed by atoms with Crippen molar-refractivity contribution in [2.75, 3.05) is 6.54 Å². The molecule has 1 rings (SSSR count). The number of carboxylic acid groups (broad SMARTS) is 1. The molecule has 6 heteroatoms. The van der Waals surface area contributed by atoms with E-state index >= 15 is 0 Å². The number of carbonyl (C=O) groups is 2. The van der Waals surface area contributed by atoms with Crippen molar-refractivity contribution in [2.24, 2.45) is 5.92 Å². The first-order valence-electron chi connectivity index (χ1n) is 6.64. The number of carbonyl (C=O) groups excluding carboxylic acids is 1. The highest BCUT2D eigenvalue weighted by Gasteiger charge is 2.10. The first-order valence-corrected chi connectivity index (χ1v) is 6.64. The summed E-state index contributed by atoms with van der Waals surface area (Å²) in [6, 6.07) is 2.51. The quantitative estimate of drug-likeness (QED) is 0.717. The minimum absolute atomic E-state index is 0.147. The van der Waals surface area contributed by atoms with Crippen LogP contribution < -0.4 is 5.32 Å². The van der Waals surface area contributed by atoms with Crippen LogP contribution >= 0.6 is 0 Å². The number of aromatic nitrogens is 1. The van der Waals surface area contributed by atoms with E-state index in [4.69, 9.17) is 5.11 Å². The van der Waals surface area contributed by atoms with Crippen molar-refractivity contribution in [3.05, 3.63) is 29.8 Å². The monoisotopic (exact) mass is 282 g/mol. The molecule has 0 bridgehead atoms. The molecule has 0 aliphatic rings. The number of hydrogen-bond donors (Lipinski definition) is 2. The molecule has 1 unspecified atom stereocenters. The Bertz CT molecular complexity index is 448. The van der Waals surface area contributed by atoms with Gasteiger partial charge in [0.2, 0.25) is 5.95 Å². The number of aliphatic carboxylic acids is 1. The summed E-state index contributed by atoms with van der Waals surface area (Å²) in [7, 11) is 0. The SMILES string of the molecule is CCC(CCNC(=O)c1ccc(F)nc1)CCC(=O)O. The Morgan fingerprint density at radius 3 is 2.70 bits per heavy atom. The van der Waals surface area contributed by atoms with Gasteiger partial charge in [0.25, 0.3) is 5.91 Å². The standard InChI is InChI=1S/C14H19FN2O3/c1-2-10(3-6-13(18)19)7-8-16-14(20)11-4-5-12(15)17-9-11/h4-5,9-10H,2-3,6-8H2,1H3,(H,16,20)(H,18,19). The van der Waals surface area contributed by atoms with Crippen LogP contribution in [-0.2, 0) is 4.79 Å². The van der Waals surface area contributed by atoms with Gasteiger partial charge in [-0.25, -0.2) is 4.98 Å². The summed E-state index contributed by atoms with van der Waals surface area (Å²) in [4.78, 5) is 25.6. The lowest BCUT2D eigenvalue weighted by atomic mass is 9.96. The summed E-state index contributed by atoms with van der Waals surface area (Å²) in [5.74, 6) is -1.45. The molecule has 1 heterocycles. The van der Waals surface area contributed by atoms with Crippen LogP contribution in [-0.4, -0.2) is 28.5 Å². The Kier molecular flexibility index (Phi) is 6.63. The highest BCUT2D eigenvalue weighted by Crippen LogP contribution is 2.14. The van der Waals surface area contributed by atoms with Crippen molar-refractivity contribution in [1.29, 1.82) is 0 Å². The lowest BCUT2D eigenvalue weighted by Crippen LogP contribution is -2.26. The summed E-state index contributed by atoms with van der Waals surface area (Å²) in [6.45, 7) is 2.46. The molecule has 110 valence electrons. The molecule has 1 aromatic heterocycles. The van der Waals surface area contributed by atoms with Crippen LogP contribution in [0.25, 0.3) is 0 Å². The van der Waals surface area contributed by atoms with Gasteiger partial charge in [0.05, 0.1) is 5.56 Å². The predicted octanol–water partition coefficient (Wildman–Crippen LogP) is 2.23. The maximum atomic E-state index is 12.6. The molecule has 0 fully saturated rings. The van der Waals surface area contributed by atoms with Gasteiger partial charge >= 0.3 is 5.97 Å². The molecule has 1 aromatic rings. The predicted molar refractivity (Wildman–Crippen MR) is 71.8 cm³/mol. The second-order valence-corrected chi connectivity index (χ2v) is 4.62. The fraction of sp³-hybridized carbons (Fsp3) is 0.500. The molecule has 0 aromatic carbocycles. The number of hydrogen-bond acceptors (Lipinski definition) is 3. The summed E-state index contributed by atoms with van der Waals surface area (Å²) in [5, 5.41) is 11.4. The lowest BCUT2D eigenvalue weighted by Gasteiger charge is -2.13. The van der Waals surface area contributed by atoms with E-state index in [1.807, 2.05) is 6.92 Å². The molecular weight excluding hydrogens is 263 g/mol. The zero-order chi connectivity index (χ0) is 15.0. The van der Waals surface area contributed by atoms with Gasteiger partial charge in [-0.05, 0) is 30.9 Å². The average molecular weight is 282 g/mol. The number of rotatable bonds is 8. The summed E-state index contributed by atoms with van der Waals surface area (Å²) in [6.07, 6.45) is 3.55. The smallest absolute Gasteiger partial charge is 0.303 e. The van der Waals surface area contributed by atoms with E-state index in [-0.39, 0.29) is 18.2 Å². The van der Waals surface area contributed by atoms with Crippen LogP contribution in [0.3, 0.4) is 0 Å². The Balaban J connectivity index is 2.33. The van der Waals surface area contributed by atoms with E-state index in [1.165, 1.54) is 12.3 Å². The third-order valence-electron chi connectivity index (χ3n) is 3.17. The molecule has 2 N–H and O–H groups in total. The number of carboxylic acids is 1. The molecule has 0 saturated heterocycles. The number of nitrogens with zero attached hydrogens (tertiary/aromatic N) is 1. The maximum Gasteiger partial charge on any atom is 0.303 e. The highest BCUT2D eigenvalue weighted by atomic mass is 19.1. The molecular formula is C14H19FN2O3. The van der Waals surface area contributed by atoms with Gasteiger partial charge in [-0.3, -0.25) is 9.59 Å². The molecule has 1 atom stereocenters. The van der Waals surface area contributed by atoms with Gasteiger partial charge in [0, 0.05) is 19.2 Å². The van der Waals surface area contributed by atoms with Crippen LogP contribution in [0.15, 0.2) is 18.3 Å². The van der Waals surface area contributed by atoms with Gasteiger partial charge in [-0.15, -0.1) is 0 Å². The Labute approximate surface area is 117 Å². The van der Waals surface area contributed by atoms with E-state index in [0.29, 0.717) is 18.5 Å². The van der Waals surface area contributed by atoms with E-state index in [9.17, 15) is 14.0 Å². The topological polar surface area (TPSA) is 79.3 Å². The van der Waals surface area contributed by atoms with Crippen molar-refractivity contribution >= 4 is 11.9 Å². The molecule has 0 saturated carbocycles. The summed E-state index contributed by atoms with van der Waals surface area (Å²) in [5.41, 5.74) is 0.310. The normalized spacial score (nSPS) is 11.9. The number of amides is 1. The van der Waals surface area contributed by atoms with Crippen LogP contribution in [0, 0.1) is 11.9 Å². The Morgan fingerprint density at radius 2 is 2.15 bits per heavy atom. The summed E-state index contributed by atoms with van der Waals surface area (Å²) >= 11 is 0. The minimum Gasteiger partial charge on any atom is -0.481 e. The van der Waals surface area contributed by atoms with Gasteiger partial charge < -0.3 is 10.4 Å². The van der Waals surface area contributed by atoms with Crippen LogP contribution in [0.5, 0.6) is 0 Å². The van der Waals surface area contributed by atoms with Crippen molar-refractivity contribution < 1.29 is 19.1 Å². The Morgan fingerprint density at radius 1 is 1.40 bits per heavy atom. The van der Waals surface area contributed by atoms with Crippen molar-refractivity contribution in [3.63, 3.8) is 0 Å². The molecule has 0 aliphatic carbocycles. The molecule has 0 aliphatic heterocycles. The summed E-state index contributed by atoms with van der Waals surface area (Å²) < 4.78 is 12.6. The third-order valence-corrected chi connectivity index (χ3v) is 3.17. The second kappa shape index (κ2) is 8.24. The van der Waals surface area contributed by atoms with Crippen LogP contribution in [0.1, 0.15) is 43.0 Å². The largest absolute Gasteiger partial charge is 0.481 e. The molecule has 1 amide bonds. The fourth-order valence-electron chi connectivity index (χ4n) is 1.88. The van der Waals surface area contributed by atoms with Crippen molar-refractivity contribution in [1.82, 2.24) is 10.3 Å². The molecule has 5 nitrogen and oxygen atoms in total. The van der Waals surface area contributed by atoms with Crippen molar-refractivity contribution in [2.45, 2.75) is 32.6 Å². The van der Waals surface area contributed by atoms with E-state index in [1.54, 1.807) is 0 Å². The van der Waals surface area contributed by atoms with Crippen LogP contribution in [0.4, 0.5) is 4.39 Å². The Hall–Kier alpha value is -1.98. The molecule has 0 radical (unpaired) electrons. The van der Waals surface area contributed by atoms with Gasteiger partial charge in [0.15, 0.2) is 0 Å².